The fraction of sp³-hybridized carbons (Fsp3) is 0.263. The van der Waals surface area contributed by atoms with Crippen LogP contribution in [0, 0.1) is 0 Å². The Hall–Kier alpha value is -1.44. The second-order valence-electron chi connectivity index (χ2n) is 6.11. The van der Waals surface area contributed by atoms with Crippen LogP contribution in [0.4, 0.5) is 0 Å². The van der Waals surface area contributed by atoms with Crippen molar-refractivity contribution < 1.29 is 4.42 Å². The normalized spacial score (nSPS) is 17.0. The van der Waals surface area contributed by atoms with Gasteiger partial charge in [-0.1, -0.05) is 34.1 Å². The molecule has 1 aliphatic rings. The van der Waals surface area contributed by atoms with Gasteiger partial charge >= 0.3 is 0 Å². The Bertz CT molecular complexity index is 846. The molecule has 1 saturated heterocycles. The number of aromatic nitrogens is 2. The first-order chi connectivity index (χ1) is 12.3. The molecule has 3 aromatic rings. The number of piperazine rings is 1. The summed E-state index contributed by atoms with van der Waals surface area (Å²) >= 11 is 3.50. The van der Waals surface area contributed by atoms with E-state index in [1.54, 1.807) is 6.20 Å². The fourth-order valence-electron chi connectivity index (χ4n) is 3.17. The van der Waals surface area contributed by atoms with Gasteiger partial charge in [-0.25, -0.2) is 4.98 Å². The van der Waals surface area contributed by atoms with E-state index in [2.05, 4.69) is 42.2 Å². The van der Waals surface area contributed by atoms with Gasteiger partial charge in [-0.2, -0.15) is 0 Å². The van der Waals surface area contributed by atoms with E-state index in [-0.39, 0.29) is 30.9 Å². The second-order valence-corrected chi connectivity index (χ2v) is 7.02. The zero-order chi connectivity index (χ0) is 17.1. The predicted molar refractivity (Wildman–Crippen MR) is 114 cm³/mol. The first kappa shape index (κ1) is 21.9. The molecule has 0 bridgehead atoms. The molecule has 1 unspecified atom stereocenters. The van der Waals surface area contributed by atoms with Gasteiger partial charge in [-0.05, 0) is 23.8 Å². The summed E-state index contributed by atoms with van der Waals surface area (Å²) in [4.78, 5) is 11.1. The Morgan fingerprint density at radius 1 is 1.19 bits per heavy atom. The molecular weight excluding hydrogens is 451 g/mol. The number of hydrogen-bond acceptors (Lipinski definition) is 5. The van der Waals surface area contributed by atoms with Crippen LogP contribution in [-0.4, -0.2) is 34.5 Å². The molecule has 5 nitrogen and oxygen atoms in total. The number of benzene rings is 1. The van der Waals surface area contributed by atoms with E-state index in [1.807, 2.05) is 42.7 Å². The molecule has 8 heteroatoms. The molecule has 1 aliphatic heterocycles. The lowest BCUT2D eigenvalue weighted by atomic mass is 10.1. The molecule has 27 heavy (non-hydrogen) atoms. The van der Waals surface area contributed by atoms with E-state index in [4.69, 9.17) is 4.42 Å². The van der Waals surface area contributed by atoms with Crippen molar-refractivity contribution in [3.8, 4) is 11.3 Å². The van der Waals surface area contributed by atoms with Crippen molar-refractivity contribution in [3.05, 3.63) is 70.9 Å². The molecule has 1 atom stereocenters. The minimum absolute atomic E-state index is 0. The van der Waals surface area contributed by atoms with Crippen molar-refractivity contribution in [2.75, 3.05) is 19.6 Å². The zero-order valence-corrected chi connectivity index (χ0v) is 17.8. The average molecular weight is 472 g/mol. The van der Waals surface area contributed by atoms with Gasteiger partial charge in [0, 0.05) is 48.1 Å². The van der Waals surface area contributed by atoms with Crippen LogP contribution in [0.25, 0.3) is 11.3 Å². The van der Waals surface area contributed by atoms with Crippen molar-refractivity contribution in [2.24, 2.45) is 0 Å². The highest BCUT2D eigenvalue weighted by Gasteiger charge is 2.25. The monoisotopic (exact) mass is 470 g/mol. The Morgan fingerprint density at radius 3 is 2.85 bits per heavy atom. The van der Waals surface area contributed by atoms with Gasteiger partial charge in [0.2, 0.25) is 5.89 Å². The van der Waals surface area contributed by atoms with Gasteiger partial charge < -0.3 is 9.73 Å². The minimum Gasteiger partial charge on any atom is -0.439 e. The van der Waals surface area contributed by atoms with Crippen molar-refractivity contribution in [1.82, 2.24) is 20.2 Å². The standard InChI is InChI=1S/C19H19BrN4O.2ClH/c20-16-5-1-3-14(9-16)18-12-23-19(25-18)13-24-8-7-22-11-17(24)15-4-2-6-21-10-15;;/h1-6,9-10,12,17,22H,7-8,11,13H2;2*1H. The largest absolute Gasteiger partial charge is 0.439 e. The Kier molecular flexibility index (Phi) is 8.26. The highest BCUT2D eigenvalue weighted by atomic mass is 79.9. The SMILES string of the molecule is Brc1cccc(-c2cnc(CN3CCNCC3c3cccnc3)o2)c1.Cl.Cl. The number of nitrogens with zero attached hydrogens (tertiary/aromatic N) is 3. The van der Waals surface area contributed by atoms with Crippen molar-refractivity contribution >= 4 is 40.7 Å². The van der Waals surface area contributed by atoms with E-state index >= 15 is 0 Å². The molecule has 0 spiro atoms. The third-order valence-electron chi connectivity index (χ3n) is 4.42. The van der Waals surface area contributed by atoms with Crippen LogP contribution >= 0.6 is 40.7 Å². The molecule has 0 saturated carbocycles. The number of halogens is 3. The fourth-order valence-corrected chi connectivity index (χ4v) is 3.57. The van der Waals surface area contributed by atoms with Gasteiger partial charge in [-0.15, -0.1) is 24.8 Å². The maximum Gasteiger partial charge on any atom is 0.209 e. The molecule has 0 radical (unpaired) electrons. The summed E-state index contributed by atoms with van der Waals surface area (Å²) in [5, 5.41) is 3.46. The van der Waals surface area contributed by atoms with Crippen LogP contribution in [0.15, 0.2) is 63.9 Å². The number of rotatable bonds is 4. The molecule has 1 N–H and O–H groups in total. The van der Waals surface area contributed by atoms with E-state index in [0.717, 1.165) is 41.3 Å². The summed E-state index contributed by atoms with van der Waals surface area (Å²) in [6, 6.07) is 12.4. The third kappa shape index (κ3) is 5.30. The number of nitrogens with one attached hydrogen (secondary N) is 1. The van der Waals surface area contributed by atoms with E-state index in [9.17, 15) is 0 Å². The zero-order valence-electron chi connectivity index (χ0n) is 14.5. The van der Waals surface area contributed by atoms with E-state index in [1.165, 1.54) is 5.56 Å². The van der Waals surface area contributed by atoms with Gasteiger partial charge in [0.25, 0.3) is 0 Å². The molecule has 144 valence electrons. The summed E-state index contributed by atoms with van der Waals surface area (Å²) in [6.07, 6.45) is 5.55. The quantitative estimate of drug-likeness (QED) is 0.607. The summed E-state index contributed by atoms with van der Waals surface area (Å²) < 4.78 is 7.03. The number of pyridine rings is 1. The van der Waals surface area contributed by atoms with Crippen molar-refractivity contribution in [3.63, 3.8) is 0 Å². The van der Waals surface area contributed by atoms with Crippen LogP contribution in [0.1, 0.15) is 17.5 Å². The number of hydrogen-bond donors (Lipinski definition) is 1. The van der Waals surface area contributed by atoms with Crippen LogP contribution in [-0.2, 0) is 6.54 Å². The van der Waals surface area contributed by atoms with Crippen LogP contribution < -0.4 is 5.32 Å². The average Bonchev–Trinajstić information content (AvgIpc) is 3.12. The highest BCUT2D eigenvalue weighted by Crippen LogP contribution is 2.27. The molecular formula is C19H21BrCl2N4O. The lowest BCUT2D eigenvalue weighted by Gasteiger charge is -2.35. The summed E-state index contributed by atoms with van der Waals surface area (Å²) in [5.74, 6) is 1.54. The van der Waals surface area contributed by atoms with E-state index in [0.29, 0.717) is 6.54 Å². The summed E-state index contributed by atoms with van der Waals surface area (Å²) in [7, 11) is 0. The maximum absolute atomic E-state index is 6.00. The predicted octanol–water partition coefficient (Wildman–Crippen LogP) is 4.49. The van der Waals surface area contributed by atoms with E-state index < -0.39 is 0 Å². The molecule has 0 amide bonds. The second kappa shape index (κ2) is 10.2. The first-order valence-corrected chi connectivity index (χ1v) is 9.14. The van der Waals surface area contributed by atoms with Crippen molar-refractivity contribution in [2.45, 2.75) is 12.6 Å². The van der Waals surface area contributed by atoms with Crippen LogP contribution in [0.3, 0.4) is 0 Å². The molecule has 2 aromatic heterocycles. The Balaban J connectivity index is 0.00000131. The lowest BCUT2D eigenvalue weighted by molar-refractivity contribution is 0.140. The summed E-state index contributed by atoms with van der Waals surface area (Å²) in [5.41, 5.74) is 2.24. The lowest BCUT2D eigenvalue weighted by Crippen LogP contribution is -2.45. The molecule has 3 heterocycles. The molecule has 1 aromatic carbocycles. The van der Waals surface area contributed by atoms with Crippen LogP contribution in [0.5, 0.6) is 0 Å². The minimum atomic E-state index is 0. The Morgan fingerprint density at radius 2 is 2.07 bits per heavy atom. The van der Waals surface area contributed by atoms with Crippen molar-refractivity contribution in [1.29, 1.82) is 0 Å². The number of oxazole rings is 1. The van der Waals surface area contributed by atoms with Crippen LogP contribution in [0.2, 0.25) is 0 Å². The smallest absolute Gasteiger partial charge is 0.209 e. The Labute approximate surface area is 179 Å². The topological polar surface area (TPSA) is 54.2 Å². The maximum atomic E-state index is 6.00. The highest BCUT2D eigenvalue weighted by molar-refractivity contribution is 9.10. The first-order valence-electron chi connectivity index (χ1n) is 8.35. The summed E-state index contributed by atoms with van der Waals surface area (Å²) in [6.45, 7) is 3.52. The molecule has 1 fully saturated rings. The van der Waals surface area contributed by atoms with Gasteiger partial charge in [0.1, 0.15) is 0 Å². The van der Waals surface area contributed by atoms with Gasteiger partial charge in [0.15, 0.2) is 5.76 Å². The van der Waals surface area contributed by atoms with Gasteiger partial charge in [-0.3, -0.25) is 9.88 Å². The third-order valence-corrected chi connectivity index (χ3v) is 4.92. The molecule has 4 rings (SSSR count). The van der Waals surface area contributed by atoms with Gasteiger partial charge in [0.05, 0.1) is 12.7 Å². The molecule has 0 aliphatic carbocycles.